The van der Waals surface area contributed by atoms with Gasteiger partial charge in [-0.1, -0.05) is 18.1 Å². The quantitative estimate of drug-likeness (QED) is 0.816. The normalized spacial score (nSPS) is 17.1. The van der Waals surface area contributed by atoms with Crippen LogP contribution in [0.15, 0.2) is 30.0 Å². The lowest BCUT2D eigenvalue weighted by molar-refractivity contribution is -0.132. The fourth-order valence-corrected chi connectivity index (χ4v) is 2.48. The van der Waals surface area contributed by atoms with Gasteiger partial charge in [0.15, 0.2) is 11.5 Å². The van der Waals surface area contributed by atoms with Crippen molar-refractivity contribution in [3.05, 3.63) is 35.5 Å². The Morgan fingerprint density at radius 2 is 2.24 bits per heavy atom. The number of methoxy groups -OCH3 is 1. The molecule has 25 heavy (non-hydrogen) atoms. The van der Waals surface area contributed by atoms with E-state index in [-0.39, 0.29) is 17.7 Å². The SMILES string of the molecule is CC[C@H](C)Oc1ccc([C@@H]2C=C(C(=O)O)Nc3nnnn32)cc1OC. The van der Waals surface area contributed by atoms with E-state index in [1.54, 1.807) is 25.3 Å². The number of nitrogens with one attached hydrogen (secondary N) is 1. The van der Waals surface area contributed by atoms with Crippen LogP contribution < -0.4 is 14.8 Å². The Balaban J connectivity index is 2.00. The van der Waals surface area contributed by atoms with Crippen LogP contribution in [-0.2, 0) is 4.79 Å². The summed E-state index contributed by atoms with van der Waals surface area (Å²) in [4.78, 5) is 11.3. The van der Waals surface area contributed by atoms with E-state index in [1.807, 2.05) is 19.9 Å². The molecule has 2 atom stereocenters. The number of allylic oxidation sites excluding steroid dienone is 1. The van der Waals surface area contributed by atoms with E-state index in [0.29, 0.717) is 11.5 Å². The molecule has 0 saturated heterocycles. The minimum absolute atomic E-state index is 0.0196. The number of rotatable bonds is 6. The van der Waals surface area contributed by atoms with Crippen LogP contribution >= 0.6 is 0 Å². The average molecular weight is 345 g/mol. The van der Waals surface area contributed by atoms with Crippen molar-refractivity contribution in [1.82, 2.24) is 20.2 Å². The highest BCUT2D eigenvalue weighted by Gasteiger charge is 2.27. The summed E-state index contributed by atoms with van der Waals surface area (Å²) in [6.07, 6.45) is 2.48. The zero-order chi connectivity index (χ0) is 18.0. The predicted molar refractivity (Wildman–Crippen MR) is 88.7 cm³/mol. The molecule has 0 saturated carbocycles. The van der Waals surface area contributed by atoms with E-state index in [2.05, 4.69) is 20.8 Å². The number of nitrogens with zero attached hydrogens (tertiary/aromatic N) is 4. The van der Waals surface area contributed by atoms with Crippen LogP contribution in [0.25, 0.3) is 0 Å². The summed E-state index contributed by atoms with van der Waals surface area (Å²) >= 11 is 0. The largest absolute Gasteiger partial charge is 0.493 e. The van der Waals surface area contributed by atoms with E-state index in [0.717, 1.165) is 12.0 Å². The van der Waals surface area contributed by atoms with Gasteiger partial charge < -0.3 is 19.9 Å². The Kier molecular flexibility index (Phi) is 4.55. The molecule has 2 aromatic rings. The molecular weight excluding hydrogens is 326 g/mol. The van der Waals surface area contributed by atoms with Crippen molar-refractivity contribution >= 4 is 11.9 Å². The minimum Gasteiger partial charge on any atom is -0.493 e. The summed E-state index contributed by atoms with van der Waals surface area (Å²) in [6.45, 7) is 4.02. The van der Waals surface area contributed by atoms with Gasteiger partial charge in [0, 0.05) is 0 Å². The highest BCUT2D eigenvalue weighted by Crippen LogP contribution is 2.35. The third-order valence-corrected chi connectivity index (χ3v) is 3.99. The molecular formula is C16H19N5O4. The molecule has 0 aliphatic carbocycles. The molecule has 0 spiro atoms. The Labute approximate surface area is 144 Å². The monoisotopic (exact) mass is 345 g/mol. The van der Waals surface area contributed by atoms with Crippen molar-refractivity contribution in [3.63, 3.8) is 0 Å². The van der Waals surface area contributed by atoms with Crippen molar-refractivity contribution < 1.29 is 19.4 Å². The first kappa shape index (κ1) is 16.7. The number of carboxylic acids is 1. The molecule has 0 amide bonds. The van der Waals surface area contributed by atoms with Gasteiger partial charge in [-0.3, -0.25) is 0 Å². The minimum atomic E-state index is -1.08. The average Bonchev–Trinajstić information content (AvgIpc) is 3.09. The molecule has 9 nitrogen and oxygen atoms in total. The van der Waals surface area contributed by atoms with Gasteiger partial charge in [0.1, 0.15) is 11.7 Å². The van der Waals surface area contributed by atoms with E-state index in [1.165, 1.54) is 4.68 Å². The first-order valence-corrected chi connectivity index (χ1v) is 7.88. The number of hydrogen-bond donors (Lipinski definition) is 2. The van der Waals surface area contributed by atoms with Gasteiger partial charge in [0.25, 0.3) is 0 Å². The van der Waals surface area contributed by atoms with Crippen LogP contribution in [0.1, 0.15) is 31.9 Å². The highest BCUT2D eigenvalue weighted by atomic mass is 16.5. The number of aromatic nitrogens is 4. The second-order valence-corrected chi connectivity index (χ2v) is 5.65. The Morgan fingerprint density at radius 1 is 1.44 bits per heavy atom. The predicted octanol–water partition coefficient (Wildman–Crippen LogP) is 1.84. The maximum atomic E-state index is 11.3. The van der Waals surface area contributed by atoms with Crippen LogP contribution in [0.4, 0.5) is 5.95 Å². The second kappa shape index (κ2) is 6.80. The number of fused-ring (bicyclic) bond motifs is 1. The van der Waals surface area contributed by atoms with E-state index in [9.17, 15) is 9.90 Å². The lowest BCUT2D eigenvalue weighted by Gasteiger charge is -2.23. The lowest BCUT2D eigenvalue weighted by atomic mass is 10.0. The molecule has 0 radical (unpaired) electrons. The smallest absolute Gasteiger partial charge is 0.352 e. The van der Waals surface area contributed by atoms with Gasteiger partial charge in [-0.2, -0.15) is 4.68 Å². The molecule has 1 aliphatic rings. The van der Waals surface area contributed by atoms with Gasteiger partial charge in [-0.05, 0) is 47.5 Å². The van der Waals surface area contributed by atoms with Gasteiger partial charge in [-0.25, -0.2) is 4.79 Å². The van der Waals surface area contributed by atoms with Crippen molar-refractivity contribution in [2.75, 3.05) is 12.4 Å². The number of aliphatic carboxylic acids is 1. The fraction of sp³-hybridized carbons (Fsp3) is 0.375. The van der Waals surface area contributed by atoms with Gasteiger partial charge >= 0.3 is 5.97 Å². The first-order chi connectivity index (χ1) is 12.0. The van der Waals surface area contributed by atoms with Crippen LogP contribution in [-0.4, -0.2) is 44.5 Å². The number of carboxylic acid groups (broad SMARTS) is 1. The number of hydrogen-bond acceptors (Lipinski definition) is 7. The number of benzene rings is 1. The molecule has 0 bridgehead atoms. The van der Waals surface area contributed by atoms with Gasteiger partial charge in [-0.15, -0.1) is 0 Å². The summed E-state index contributed by atoms with van der Waals surface area (Å²) in [7, 11) is 1.56. The molecule has 0 unspecified atom stereocenters. The Hall–Kier alpha value is -3.10. The lowest BCUT2D eigenvalue weighted by Crippen LogP contribution is -2.24. The molecule has 2 heterocycles. The van der Waals surface area contributed by atoms with Crippen LogP contribution in [0.2, 0.25) is 0 Å². The van der Waals surface area contributed by atoms with Gasteiger partial charge in [0.2, 0.25) is 5.95 Å². The standard InChI is InChI=1S/C16H19N5O4/c1-4-9(2)25-13-6-5-10(7-14(13)24-3)12-8-11(15(22)23)17-16-18-19-20-21(12)16/h5-9,12H,4H2,1-3H3,(H,22,23)(H,17,18,20)/t9-,12-/m0/s1. The third-order valence-electron chi connectivity index (χ3n) is 3.99. The summed E-state index contributed by atoms with van der Waals surface area (Å²) in [6, 6.07) is 4.98. The summed E-state index contributed by atoms with van der Waals surface area (Å²) in [5.41, 5.74) is 0.799. The molecule has 9 heteroatoms. The number of tetrazole rings is 1. The first-order valence-electron chi connectivity index (χ1n) is 7.88. The maximum absolute atomic E-state index is 11.3. The zero-order valence-electron chi connectivity index (χ0n) is 14.1. The van der Waals surface area contributed by atoms with Crippen LogP contribution in [0.3, 0.4) is 0 Å². The van der Waals surface area contributed by atoms with Crippen LogP contribution in [0, 0.1) is 0 Å². The second-order valence-electron chi connectivity index (χ2n) is 5.65. The highest BCUT2D eigenvalue weighted by molar-refractivity contribution is 5.90. The zero-order valence-corrected chi connectivity index (χ0v) is 14.1. The van der Waals surface area contributed by atoms with Crippen molar-refractivity contribution in [2.45, 2.75) is 32.4 Å². The summed E-state index contributed by atoms with van der Waals surface area (Å²) in [5, 5.41) is 23.3. The molecule has 1 aromatic heterocycles. The number of carbonyl (C=O) groups is 1. The van der Waals surface area contributed by atoms with E-state index in [4.69, 9.17) is 9.47 Å². The maximum Gasteiger partial charge on any atom is 0.352 e. The van der Waals surface area contributed by atoms with E-state index < -0.39 is 12.0 Å². The van der Waals surface area contributed by atoms with Gasteiger partial charge in [0.05, 0.1) is 13.2 Å². The third kappa shape index (κ3) is 3.25. The molecule has 1 aliphatic heterocycles. The number of anilines is 1. The summed E-state index contributed by atoms with van der Waals surface area (Å²) in [5.74, 6) is 0.386. The molecule has 132 valence electrons. The van der Waals surface area contributed by atoms with E-state index >= 15 is 0 Å². The Morgan fingerprint density at radius 3 is 2.92 bits per heavy atom. The fourth-order valence-electron chi connectivity index (χ4n) is 2.48. The molecule has 1 aromatic carbocycles. The molecule has 2 N–H and O–H groups in total. The van der Waals surface area contributed by atoms with Crippen molar-refractivity contribution in [1.29, 1.82) is 0 Å². The topological polar surface area (TPSA) is 111 Å². The molecule has 3 rings (SSSR count). The Bertz CT molecular complexity index is 817. The summed E-state index contributed by atoms with van der Waals surface area (Å²) < 4.78 is 12.8. The van der Waals surface area contributed by atoms with Crippen molar-refractivity contribution in [3.8, 4) is 11.5 Å². The van der Waals surface area contributed by atoms with Crippen molar-refractivity contribution in [2.24, 2.45) is 0 Å². The number of ether oxygens (including phenoxy) is 2. The molecule has 0 fully saturated rings. The van der Waals surface area contributed by atoms with Crippen LogP contribution in [0.5, 0.6) is 11.5 Å².